The summed E-state index contributed by atoms with van der Waals surface area (Å²) >= 11 is 0. The van der Waals surface area contributed by atoms with Gasteiger partial charge in [0.25, 0.3) is 5.91 Å². The van der Waals surface area contributed by atoms with Gasteiger partial charge in [0.2, 0.25) is 0 Å². The van der Waals surface area contributed by atoms with Crippen LogP contribution in [0.1, 0.15) is 30.1 Å². The van der Waals surface area contributed by atoms with Gasteiger partial charge in [-0.25, -0.2) is 4.79 Å². The molecule has 0 saturated carbocycles. The zero-order valence-corrected chi connectivity index (χ0v) is 10.6. The van der Waals surface area contributed by atoms with Crippen LogP contribution in [-0.2, 0) is 4.79 Å². The average Bonchev–Trinajstić information content (AvgIpc) is 2.38. The van der Waals surface area contributed by atoms with E-state index in [2.05, 4.69) is 4.98 Å². The third-order valence-electron chi connectivity index (χ3n) is 3.47. The van der Waals surface area contributed by atoms with Crippen molar-refractivity contribution in [1.82, 2.24) is 9.88 Å². The van der Waals surface area contributed by atoms with Crippen LogP contribution in [0.5, 0.6) is 0 Å². The molecule has 19 heavy (non-hydrogen) atoms. The summed E-state index contributed by atoms with van der Waals surface area (Å²) in [6.45, 7) is 2.33. The van der Waals surface area contributed by atoms with Crippen molar-refractivity contribution < 1.29 is 14.7 Å². The number of carbonyl (C=O) groups excluding carboxylic acids is 1. The highest BCUT2D eigenvalue weighted by atomic mass is 16.4. The van der Waals surface area contributed by atoms with Gasteiger partial charge in [0.1, 0.15) is 11.6 Å². The Bertz CT molecular complexity index is 552. The molecule has 6 nitrogen and oxygen atoms in total. The summed E-state index contributed by atoms with van der Waals surface area (Å²) in [6.07, 6.45) is 3.93. The van der Waals surface area contributed by atoms with E-state index in [1.54, 1.807) is 0 Å². The predicted octanol–water partition coefficient (Wildman–Crippen LogP) is 0.700. The Morgan fingerprint density at radius 2 is 2.21 bits per heavy atom. The molecule has 1 aromatic heterocycles. The second-order valence-corrected chi connectivity index (χ2v) is 4.90. The zero-order chi connectivity index (χ0) is 14.0. The molecule has 2 heterocycles. The number of piperidine rings is 1. The normalized spacial score (nSPS) is 23.1. The molecule has 1 aliphatic heterocycles. The minimum atomic E-state index is -1.02. The Hall–Kier alpha value is -2.11. The van der Waals surface area contributed by atoms with E-state index in [0.29, 0.717) is 13.0 Å². The number of H-pyrrole nitrogens is 1. The number of aromatic amines is 1. The summed E-state index contributed by atoms with van der Waals surface area (Å²) in [5, 5.41) is 9.21. The van der Waals surface area contributed by atoms with Crippen molar-refractivity contribution in [2.45, 2.75) is 25.8 Å². The molecule has 2 atom stereocenters. The molecule has 1 aliphatic rings. The van der Waals surface area contributed by atoms with Crippen molar-refractivity contribution in [1.29, 1.82) is 0 Å². The summed E-state index contributed by atoms with van der Waals surface area (Å²) in [4.78, 5) is 39.1. The van der Waals surface area contributed by atoms with Crippen molar-refractivity contribution in [3.63, 3.8) is 0 Å². The third-order valence-corrected chi connectivity index (χ3v) is 3.47. The van der Waals surface area contributed by atoms with Crippen LogP contribution in [0.2, 0.25) is 0 Å². The highest BCUT2D eigenvalue weighted by Crippen LogP contribution is 2.23. The number of aliphatic carboxylic acids is 1. The van der Waals surface area contributed by atoms with E-state index in [9.17, 15) is 19.5 Å². The summed E-state index contributed by atoms with van der Waals surface area (Å²) in [5.41, 5.74) is -0.408. The van der Waals surface area contributed by atoms with Gasteiger partial charge in [0.05, 0.1) is 0 Å². The number of hydrogen-bond donors (Lipinski definition) is 2. The van der Waals surface area contributed by atoms with Gasteiger partial charge in [-0.05, 0) is 18.8 Å². The van der Waals surface area contributed by atoms with Crippen molar-refractivity contribution >= 4 is 11.9 Å². The van der Waals surface area contributed by atoms with E-state index < -0.39 is 23.3 Å². The van der Waals surface area contributed by atoms with Crippen LogP contribution in [0.4, 0.5) is 0 Å². The predicted molar refractivity (Wildman–Crippen MR) is 67.9 cm³/mol. The Morgan fingerprint density at radius 1 is 1.47 bits per heavy atom. The lowest BCUT2D eigenvalue weighted by atomic mass is 9.92. The second kappa shape index (κ2) is 5.26. The van der Waals surface area contributed by atoms with E-state index in [1.165, 1.54) is 23.4 Å². The van der Waals surface area contributed by atoms with Gasteiger partial charge in [-0.2, -0.15) is 0 Å². The van der Waals surface area contributed by atoms with Crippen LogP contribution >= 0.6 is 0 Å². The van der Waals surface area contributed by atoms with E-state index in [-0.39, 0.29) is 11.5 Å². The van der Waals surface area contributed by atoms with E-state index in [4.69, 9.17) is 0 Å². The van der Waals surface area contributed by atoms with Crippen molar-refractivity contribution in [2.75, 3.05) is 6.54 Å². The number of carboxylic acid groups (broad SMARTS) is 1. The Balaban J connectivity index is 2.29. The molecule has 1 saturated heterocycles. The molecule has 102 valence electrons. The van der Waals surface area contributed by atoms with Crippen LogP contribution in [0.15, 0.2) is 23.3 Å². The SMILES string of the molecule is CC1CCN(C(=O)c2c[nH]ccc2=O)C(C(=O)O)C1. The topological polar surface area (TPSA) is 90.5 Å². The van der Waals surface area contributed by atoms with Crippen LogP contribution in [-0.4, -0.2) is 39.5 Å². The molecule has 0 spiro atoms. The monoisotopic (exact) mass is 264 g/mol. The molecule has 1 amide bonds. The van der Waals surface area contributed by atoms with Gasteiger partial charge in [-0.1, -0.05) is 6.92 Å². The lowest BCUT2D eigenvalue weighted by molar-refractivity contribution is -0.144. The number of carbonyl (C=O) groups is 2. The summed E-state index contributed by atoms with van der Waals surface area (Å²) in [5.74, 6) is -1.27. The largest absolute Gasteiger partial charge is 0.480 e. The van der Waals surface area contributed by atoms with E-state index in [0.717, 1.165) is 6.42 Å². The molecule has 1 fully saturated rings. The van der Waals surface area contributed by atoms with Gasteiger partial charge < -0.3 is 15.0 Å². The molecule has 2 unspecified atom stereocenters. The number of aromatic nitrogens is 1. The number of carboxylic acids is 1. The summed E-state index contributed by atoms with van der Waals surface area (Å²) in [7, 11) is 0. The number of amides is 1. The van der Waals surface area contributed by atoms with Crippen LogP contribution < -0.4 is 5.43 Å². The molecule has 0 radical (unpaired) electrons. The lowest BCUT2D eigenvalue weighted by Crippen LogP contribution is -2.50. The fraction of sp³-hybridized carbons (Fsp3) is 0.462. The van der Waals surface area contributed by atoms with E-state index >= 15 is 0 Å². The molecule has 0 bridgehead atoms. The first-order valence-corrected chi connectivity index (χ1v) is 6.21. The maximum Gasteiger partial charge on any atom is 0.326 e. The number of rotatable bonds is 2. The van der Waals surface area contributed by atoms with Crippen LogP contribution in [0, 0.1) is 5.92 Å². The first-order chi connectivity index (χ1) is 9.00. The highest BCUT2D eigenvalue weighted by molar-refractivity contribution is 5.96. The summed E-state index contributed by atoms with van der Waals surface area (Å²) in [6, 6.07) is 0.408. The van der Waals surface area contributed by atoms with Gasteiger partial charge in [0, 0.05) is 25.0 Å². The fourth-order valence-electron chi connectivity index (χ4n) is 2.36. The number of nitrogens with zero attached hydrogens (tertiary/aromatic N) is 1. The maximum absolute atomic E-state index is 12.3. The standard InChI is InChI=1S/C13H16N2O4/c1-8-3-5-15(10(6-8)13(18)19)12(17)9-7-14-4-2-11(9)16/h2,4,7-8,10H,3,5-6H2,1H3,(H,14,16)(H,18,19). The average molecular weight is 264 g/mol. The zero-order valence-electron chi connectivity index (χ0n) is 10.6. The van der Waals surface area contributed by atoms with Crippen molar-refractivity contribution in [3.8, 4) is 0 Å². The molecule has 2 N–H and O–H groups in total. The number of likely N-dealkylation sites (tertiary alicyclic amines) is 1. The number of pyridine rings is 1. The molecule has 0 aromatic carbocycles. The third kappa shape index (κ3) is 2.67. The van der Waals surface area contributed by atoms with Crippen molar-refractivity contribution in [2.24, 2.45) is 5.92 Å². The molecule has 1 aromatic rings. The quantitative estimate of drug-likeness (QED) is 0.822. The highest BCUT2D eigenvalue weighted by Gasteiger charge is 2.35. The van der Waals surface area contributed by atoms with Gasteiger partial charge in [-0.3, -0.25) is 9.59 Å². The van der Waals surface area contributed by atoms with Gasteiger partial charge in [0.15, 0.2) is 5.43 Å². The number of nitrogens with one attached hydrogen (secondary N) is 1. The van der Waals surface area contributed by atoms with Gasteiger partial charge in [-0.15, -0.1) is 0 Å². The molecule has 0 aliphatic carbocycles. The first kappa shape index (κ1) is 13.3. The molecule has 2 rings (SSSR count). The van der Waals surface area contributed by atoms with Crippen molar-refractivity contribution in [3.05, 3.63) is 34.2 Å². The Labute approximate surface area is 110 Å². The molecule has 6 heteroatoms. The first-order valence-electron chi connectivity index (χ1n) is 6.21. The van der Waals surface area contributed by atoms with Gasteiger partial charge >= 0.3 is 5.97 Å². The Morgan fingerprint density at radius 3 is 2.84 bits per heavy atom. The maximum atomic E-state index is 12.3. The number of hydrogen-bond acceptors (Lipinski definition) is 3. The molecular formula is C13H16N2O4. The molecular weight excluding hydrogens is 248 g/mol. The summed E-state index contributed by atoms with van der Waals surface area (Å²) < 4.78 is 0. The minimum absolute atomic E-state index is 0.0108. The minimum Gasteiger partial charge on any atom is -0.480 e. The second-order valence-electron chi connectivity index (χ2n) is 4.90. The van der Waals surface area contributed by atoms with Crippen LogP contribution in [0.25, 0.3) is 0 Å². The smallest absolute Gasteiger partial charge is 0.326 e. The van der Waals surface area contributed by atoms with E-state index in [1.807, 2.05) is 6.92 Å². The van der Waals surface area contributed by atoms with Crippen LogP contribution in [0.3, 0.4) is 0 Å². The Kier molecular flexibility index (Phi) is 3.69. The lowest BCUT2D eigenvalue weighted by Gasteiger charge is -2.35. The fourth-order valence-corrected chi connectivity index (χ4v) is 2.36.